The summed E-state index contributed by atoms with van der Waals surface area (Å²) in [5, 5.41) is 22.9. The number of aliphatic carboxylic acids is 2. The molecular formula is C21H35N5O8. The van der Waals surface area contributed by atoms with Crippen molar-refractivity contribution in [2.75, 3.05) is 6.54 Å². The van der Waals surface area contributed by atoms with Crippen LogP contribution in [0.5, 0.6) is 0 Å². The second kappa shape index (κ2) is 13.5. The first-order valence-electron chi connectivity index (χ1n) is 11.2. The van der Waals surface area contributed by atoms with E-state index < -0.39 is 66.2 Å². The molecule has 0 radical (unpaired) electrons. The summed E-state index contributed by atoms with van der Waals surface area (Å²) in [5.74, 6) is -5.05. The Morgan fingerprint density at radius 1 is 1.00 bits per heavy atom. The maximum absolute atomic E-state index is 13.2. The Hall–Kier alpha value is -3.22. The molecule has 4 amide bonds. The van der Waals surface area contributed by atoms with Crippen LogP contribution in [0, 0.1) is 5.92 Å². The summed E-state index contributed by atoms with van der Waals surface area (Å²) >= 11 is 0. The predicted molar refractivity (Wildman–Crippen MR) is 119 cm³/mol. The molecule has 8 N–H and O–H groups in total. The zero-order valence-electron chi connectivity index (χ0n) is 19.5. The molecule has 0 bridgehead atoms. The zero-order chi connectivity index (χ0) is 26.0. The van der Waals surface area contributed by atoms with Crippen molar-refractivity contribution >= 4 is 35.6 Å². The number of nitrogens with one attached hydrogen (secondary N) is 2. The third-order valence-corrected chi connectivity index (χ3v) is 5.46. The lowest BCUT2D eigenvalue weighted by atomic mass is 10.0. The molecular weight excluding hydrogens is 450 g/mol. The summed E-state index contributed by atoms with van der Waals surface area (Å²) in [6, 6.07) is -4.45. The van der Waals surface area contributed by atoms with E-state index in [0.29, 0.717) is 12.8 Å². The first-order valence-corrected chi connectivity index (χ1v) is 11.2. The van der Waals surface area contributed by atoms with Crippen LogP contribution in [-0.2, 0) is 28.8 Å². The Balaban J connectivity index is 2.96. The summed E-state index contributed by atoms with van der Waals surface area (Å²) in [5.41, 5.74) is 11.1. The normalized spacial score (nSPS) is 18.1. The van der Waals surface area contributed by atoms with Gasteiger partial charge in [0.15, 0.2) is 0 Å². The number of carboxylic acids is 2. The van der Waals surface area contributed by atoms with Crippen molar-refractivity contribution in [1.29, 1.82) is 0 Å². The van der Waals surface area contributed by atoms with Crippen molar-refractivity contribution in [2.24, 2.45) is 17.4 Å². The largest absolute Gasteiger partial charge is 0.481 e. The third-order valence-electron chi connectivity index (χ3n) is 5.46. The second-order valence-corrected chi connectivity index (χ2v) is 8.82. The van der Waals surface area contributed by atoms with Crippen molar-refractivity contribution in [3.63, 3.8) is 0 Å². The number of nitrogens with two attached hydrogens (primary N) is 2. The molecule has 4 atom stereocenters. The van der Waals surface area contributed by atoms with Gasteiger partial charge in [-0.25, -0.2) is 4.79 Å². The molecule has 0 aliphatic carbocycles. The molecule has 0 unspecified atom stereocenters. The monoisotopic (exact) mass is 485 g/mol. The van der Waals surface area contributed by atoms with Crippen LogP contribution in [0.4, 0.5) is 0 Å². The molecule has 0 aromatic carbocycles. The van der Waals surface area contributed by atoms with Crippen LogP contribution in [0.1, 0.15) is 58.8 Å². The number of nitrogens with zero attached hydrogens (tertiary/aromatic N) is 1. The number of amides is 4. The smallest absolute Gasteiger partial charge is 0.326 e. The lowest BCUT2D eigenvalue weighted by molar-refractivity contribution is -0.145. The highest BCUT2D eigenvalue weighted by Crippen LogP contribution is 2.20. The Morgan fingerprint density at radius 3 is 2.15 bits per heavy atom. The van der Waals surface area contributed by atoms with E-state index in [1.165, 1.54) is 4.90 Å². The average Bonchev–Trinajstić information content (AvgIpc) is 3.22. The molecule has 34 heavy (non-hydrogen) atoms. The van der Waals surface area contributed by atoms with E-state index in [1.807, 2.05) is 13.8 Å². The Labute approximate surface area is 197 Å². The molecule has 13 heteroatoms. The van der Waals surface area contributed by atoms with Crippen molar-refractivity contribution in [3.05, 3.63) is 0 Å². The van der Waals surface area contributed by atoms with Crippen LogP contribution in [0.2, 0.25) is 0 Å². The van der Waals surface area contributed by atoms with Crippen LogP contribution < -0.4 is 22.1 Å². The predicted octanol–water partition coefficient (Wildman–Crippen LogP) is -1.46. The highest BCUT2D eigenvalue weighted by Gasteiger charge is 2.39. The molecule has 192 valence electrons. The molecule has 0 aromatic heterocycles. The number of hydrogen-bond acceptors (Lipinski definition) is 7. The van der Waals surface area contributed by atoms with Gasteiger partial charge in [-0.1, -0.05) is 13.8 Å². The summed E-state index contributed by atoms with van der Waals surface area (Å²) in [6.45, 7) is 3.96. The van der Waals surface area contributed by atoms with Gasteiger partial charge in [-0.05, 0) is 38.0 Å². The minimum absolute atomic E-state index is 0.0878. The number of carboxylic acid groups (broad SMARTS) is 2. The number of rotatable bonds is 14. The first kappa shape index (κ1) is 28.8. The van der Waals surface area contributed by atoms with Gasteiger partial charge in [0.1, 0.15) is 18.1 Å². The van der Waals surface area contributed by atoms with Crippen LogP contribution in [-0.4, -0.2) is 81.4 Å². The van der Waals surface area contributed by atoms with E-state index in [1.54, 1.807) is 0 Å². The molecule has 0 spiro atoms. The van der Waals surface area contributed by atoms with Crippen molar-refractivity contribution in [3.8, 4) is 0 Å². The van der Waals surface area contributed by atoms with Gasteiger partial charge in [0.2, 0.25) is 23.6 Å². The van der Waals surface area contributed by atoms with E-state index in [4.69, 9.17) is 16.6 Å². The van der Waals surface area contributed by atoms with Gasteiger partial charge in [-0.3, -0.25) is 24.0 Å². The fraction of sp³-hybridized carbons (Fsp3) is 0.714. The van der Waals surface area contributed by atoms with Crippen LogP contribution >= 0.6 is 0 Å². The van der Waals surface area contributed by atoms with Crippen LogP contribution in [0.15, 0.2) is 0 Å². The molecule has 1 aliphatic rings. The quantitative estimate of drug-likeness (QED) is 0.169. The van der Waals surface area contributed by atoms with E-state index in [9.17, 15) is 33.9 Å². The maximum Gasteiger partial charge on any atom is 0.326 e. The summed E-state index contributed by atoms with van der Waals surface area (Å²) in [4.78, 5) is 73.2. The average molecular weight is 486 g/mol. The van der Waals surface area contributed by atoms with Gasteiger partial charge in [0.25, 0.3) is 0 Å². The fourth-order valence-corrected chi connectivity index (χ4v) is 3.73. The molecule has 1 fully saturated rings. The minimum Gasteiger partial charge on any atom is -0.481 e. The topological polar surface area (TPSA) is 222 Å². The lowest BCUT2D eigenvalue weighted by Crippen LogP contribution is -2.57. The summed E-state index contributed by atoms with van der Waals surface area (Å²) < 4.78 is 0. The van der Waals surface area contributed by atoms with Gasteiger partial charge in [-0.15, -0.1) is 0 Å². The standard InChI is InChI=1S/C21H35N5O8/c1-11(2)10-12(22)18(30)24-13(5-7-16(23)27)20(32)26-9-3-4-15(26)19(31)25-14(21(33)34)6-8-17(28)29/h11-15H,3-10,22H2,1-2H3,(H2,23,27)(H,24,30)(H,25,31)(H,28,29)(H,33,34)/t12-,13-,14-,15-/m0/s1. The van der Waals surface area contributed by atoms with E-state index in [2.05, 4.69) is 10.6 Å². The number of carbonyl (C=O) groups excluding carboxylic acids is 4. The van der Waals surface area contributed by atoms with Crippen molar-refractivity contribution in [1.82, 2.24) is 15.5 Å². The van der Waals surface area contributed by atoms with Gasteiger partial charge in [0, 0.05) is 19.4 Å². The summed E-state index contributed by atoms with van der Waals surface area (Å²) in [6.07, 6.45) is 0.0492. The Kier molecular flexibility index (Phi) is 11.4. The SMILES string of the molecule is CC(C)C[C@H](N)C(=O)N[C@@H](CCC(N)=O)C(=O)N1CCC[C@H]1C(=O)N[C@@H](CCC(=O)O)C(=O)O. The second-order valence-electron chi connectivity index (χ2n) is 8.82. The highest BCUT2D eigenvalue weighted by atomic mass is 16.4. The van der Waals surface area contributed by atoms with Gasteiger partial charge in [-0.2, -0.15) is 0 Å². The number of primary amides is 1. The Bertz CT molecular complexity index is 787. The van der Waals surface area contributed by atoms with Crippen LogP contribution in [0.25, 0.3) is 0 Å². The van der Waals surface area contributed by atoms with Crippen molar-refractivity contribution in [2.45, 2.75) is 83.0 Å². The fourth-order valence-electron chi connectivity index (χ4n) is 3.73. The minimum atomic E-state index is -1.43. The van der Waals surface area contributed by atoms with E-state index >= 15 is 0 Å². The molecule has 13 nitrogen and oxygen atoms in total. The number of hydrogen-bond donors (Lipinski definition) is 6. The molecule has 1 aliphatic heterocycles. The van der Waals surface area contributed by atoms with E-state index in [0.717, 1.165) is 0 Å². The maximum atomic E-state index is 13.2. The lowest BCUT2D eigenvalue weighted by Gasteiger charge is -2.30. The summed E-state index contributed by atoms with van der Waals surface area (Å²) in [7, 11) is 0. The van der Waals surface area contributed by atoms with Gasteiger partial charge < -0.3 is 37.2 Å². The number of carbonyl (C=O) groups is 6. The zero-order valence-corrected chi connectivity index (χ0v) is 19.5. The number of likely N-dealkylation sites (tertiary alicyclic amines) is 1. The molecule has 0 aromatic rings. The van der Waals surface area contributed by atoms with Crippen molar-refractivity contribution < 1.29 is 39.0 Å². The Morgan fingerprint density at radius 2 is 1.62 bits per heavy atom. The van der Waals surface area contributed by atoms with Gasteiger partial charge >= 0.3 is 11.9 Å². The third kappa shape index (κ3) is 9.33. The van der Waals surface area contributed by atoms with Crippen LogP contribution in [0.3, 0.4) is 0 Å². The molecule has 1 heterocycles. The highest BCUT2D eigenvalue weighted by molar-refractivity contribution is 5.94. The van der Waals surface area contributed by atoms with E-state index in [-0.39, 0.29) is 38.1 Å². The molecule has 1 saturated heterocycles. The molecule has 1 rings (SSSR count). The van der Waals surface area contributed by atoms with Gasteiger partial charge in [0.05, 0.1) is 6.04 Å². The molecule has 0 saturated carbocycles. The first-order chi connectivity index (χ1) is 15.8.